The molecule has 5 rings (SSSR count). The molecule has 208 valence electrons. The van der Waals surface area contributed by atoms with Crippen LogP contribution in [0, 0.1) is 5.92 Å². The fourth-order valence-corrected chi connectivity index (χ4v) is 5.21. The van der Waals surface area contributed by atoms with Gasteiger partial charge in [-0.05, 0) is 48.7 Å². The van der Waals surface area contributed by atoms with Gasteiger partial charge < -0.3 is 24.1 Å². The summed E-state index contributed by atoms with van der Waals surface area (Å²) in [7, 11) is 3.19. The number of carbonyl (C=O) groups excluding carboxylic acids is 1. The summed E-state index contributed by atoms with van der Waals surface area (Å²) in [6.07, 6.45) is 1.82. The number of morpholine rings is 1. The van der Waals surface area contributed by atoms with Crippen molar-refractivity contribution < 1.29 is 23.5 Å². The summed E-state index contributed by atoms with van der Waals surface area (Å²) in [4.78, 5) is 22.2. The summed E-state index contributed by atoms with van der Waals surface area (Å²) >= 11 is 0. The van der Waals surface area contributed by atoms with Gasteiger partial charge in [0.15, 0.2) is 11.5 Å². The van der Waals surface area contributed by atoms with Crippen molar-refractivity contribution in [1.29, 1.82) is 0 Å². The molecule has 1 N–H and O–H groups in total. The maximum absolute atomic E-state index is 13.0. The smallest absolute Gasteiger partial charge is 0.241 e. The van der Waals surface area contributed by atoms with Crippen LogP contribution in [0.5, 0.6) is 11.5 Å². The van der Waals surface area contributed by atoms with Gasteiger partial charge >= 0.3 is 0 Å². The van der Waals surface area contributed by atoms with Crippen molar-refractivity contribution in [1.82, 2.24) is 25.3 Å². The first kappa shape index (κ1) is 27.1. The molecule has 0 radical (unpaired) electrons. The monoisotopic (exact) mass is 535 g/mol. The molecule has 3 aromatic rings. The van der Waals surface area contributed by atoms with E-state index in [9.17, 15) is 4.79 Å². The average molecular weight is 536 g/mol. The number of nitrogens with one attached hydrogen (secondary N) is 1. The van der Waals surface area contributed by atoms with Gasteiger partial charge in [0.05, 0.1) is 39.9 Å². The summed E-state index contributed by atoms with van der Waals surface area (Å²) in [5.41, 5.74) is 3.17. The Bertz CT molecular complexity index is 1240. The molecule has 3 heterocycles. The number of carbonyl (C=O) groups is 1. The number of likely N-dealkylation sites (tertiary alicyclic amines) is 1. The lowest BCUT2D eigenvalue weighted by atomic mass is 9.97. The Morgan fingerprint density at radius 1 is 1.00 bits per heavy atom. The molecule has 2 aromatic carbocycles. The molecule has 1 aromatic heterocycles. The second-order valence-electron chi connectivity index (χ2n) is 10.1. The number of piperidine rings is 1. The Morgan fingerprint density at radius 2 is 1.82 bits per heavy atom. The molecule has 10 heteroatoms. The summed E-state index contributed by atoms with van der Waals surface area (Å²) < 4.78 is 21.7. The van der Waals surface area contributed by atoms with Crippen LogP contribution in [0.1, 0.15) is 29.9 Å². The Kier molecular flexibility index (Phi) is 9.08. The predicted octanol–water partition coefficient (Wildman–Crippen LogP) is 3.11. The van der Waals surface area contributed by atoms with Crippen LogP contribution in [0.4, 0.5) is 0 Å². The van der Waals surface area contributed by atoms with Crippen LogP contribution in [0.15, 0.2) is 47.0 Å². The average Bonchev–Trinajstić information content (AvgIpc) is 3.45. The summed E-state index contributed by atoms with van der Waals surface area (Å²) in [6.45, 7) is 7.00. The molecule has 0 aliphatic carbocycles. The van der Waals surface area contributed by atoms with Gasteiger partial charge in [-0.15, -0.1) is 0 Å². The van der Waals surface area contributed by atoms with Crippen molar-refractivity contribution in [3.05, 3.63) is 59.5 Å². The quantitative estimate of drug-likeness (QED) is 0.420. The van der Waals surface area contributed by atoms with Crippen molar-refractivity contribution in [3.63, 3.8) is 0 Å². The highest BCUT2D eigenvalue weighted by Crippen LogP contribution is 2.31. The van der Waals surface area contributed by atoms with Crippen LogP contribution in [-0.2, 0) is 29.2 Å². The molecule has 0 saturated carbocycles. The molecular weight excluding hydrogens is 498 g/mol. The number of benzene rings is 2. The number of hydrogen-bond acceptors (Lipinski definition) is 9. The second-order valence-corrected chi connectivity index (χ2v) is 10.1. The van der Waals surface area contributed by atoms with Crippen molar-refractivity contribution in [3.8, 4) is 22.9 Å². The third-order valence-corrected chi connectivity index (χ3v) is 7.31. The number of aromatic nitrogens is 2. The van der Waals surface area contributed by atoms with Crippen LogP contribution >= 0.6 is 0 Å². The number of methoxy groups -OCH3 is 2. The minimum Gasteiger partial charge on any atom is -0.493 e. The largest absolute Gasteiger partial charge is 0.493 e. The van der Waals surface area contributed by atoms with E-state index in [1.807, 2.05) is 18.2 Å². The van der Waals surface area contributed by atoms with Crippen molar-refractivity contribution in [2.24, 2.45) is 5.92 Å². The fraction of sp³-hybridized carbons (Fsp3) is 0.483. The fourth-order valence-electron chi connectivity index (χ4n) is 5.21. The highest BCUT2D eigenvalue weighted by molar-refractivity contribution is 5.79. The molecule has 10 nitrogen and oxygen atoms in total. The molecule has 0 bridgehead atoms. The topological polar surface area (TPSA) is 102 Å². The molecular formula is C29H37N5O5. The van der Waals surface area contributed by atoms with Crippen molar-refractivity contribution >= 4 is 5.91 Å². The number of nitrogens with zero attached hydrogens (tertiary/aromatic N) is 4. The lowest BCUT2D eigenvalue weighted by Crippen LogP contribution is -2.42. The van der Waals surface area contributed by atoms with Gasteiger partial charge in [0.2, 0.25) is 17.6 Å². The number of ether oxygens (including phenoxy) is 3. The molecule has 0 spiro atoms. The van der Waals surface area contributed by atoms with Gasteiger partial charge in [0.25, 0.3) is 0 Å². The number of hydrogen-bond donors (Lipinski definition) is 1. The van der Waals surface area contributed by atoms with Gasteiger partial charge in [-0.3, -0.25) is 14.6 Å². The van der Waals surface area contributed by atoms with Gasteiger partial charge in [-0.25, -0.2) is 0 Å². The molecule has 2 aliphatic rings. The molecule has 2 saturated heterocycles. The van der Waals surface area contributed by atoms with Gasteiger partial charge in [0.1, 0.15) is 0 Å². The third kappa shape index (κ3) is 7.14. The summed E-state index contributed by atoms with van der Waals surface area (Å²) in [5.74, 6) is 2.29. The SMILES string of the molecule is COc1ccc(-c2noc(CN3CCCC(C(=O)NCc4cccc(CN5CCOCC5)c4)C3)n2)cc1OC. The second kappa shape index (κ2) is 13.1. The van der Waals surface area contributed by atoms with E-state index >= 15 is 0 Å². The molecule has 39 heavy (non-hydrogen) atoms. The Hall–Kier alpha value is -3.47. The maximum Gasteiger partial charge on any atom is 0.241 e. The number of amides is 1. The van der Waals surface area contributed by atoms with Gasteiger partial charge in [-0.2, -0.15) is 4.98 Å². The highest BCUT2D eigenvalue weighted by atomic mass is 16.5. The molecule has 1 amide bonds. The Labute approximate surface area is 229 Å². The zero-order valence-electron chi connectivity index (χ0n) is 22.7. The van der Waals surface area contributed by atoms with Crippen molar-refractivity contribution in [2.45, 2.75) is 32.5 Å². The standard InChI is InChI=1S/C29H37N5O5/c1-36-25-9-8-23(16-26(25)37-2)28-31-27(39-32-28)20-34-10-4-7-24(19-34)29(35)30-17-21-5-3-6-22(15-21)18-33-11-13-38-14-12-33/h3,5-6,8-9,15-16,24H,4,7,10-14,17-20H2,1-2H3,(H,30,35). The minimum absolute atomic E-state index is 0.0662. The van der Waals surface area contributed by atoms with E-state index in [0.717, 1.165) is 63.4 Å². The normalized spacial score (nSPS) is 18.6. The van der Waals surface area contributed by atoms with Gasteiger partial charge in [0, 0.05) is 38.3 Å². The first-order valence-electron chi connectivity index (χ1n) is 13.5. The van der Waals surface area contributed by atoms with E-state index in [-0.39, 0.29) is 11.8 Å². The summed E-state index contributed by atoms with van der Waals surface area (Å²) in [5, 5.41) is 7.30. The first-order chi connectivity index (χ1) is 19.1. The van der Waals surface area contributed by atoms with Crippen molar-refractivity contribution in [2.75, 3.05) is 53.6 Å². The van der Waals surface area contributed by atoms with E-state index in [2.05, 4.69) is 49.5 Å². The predicted molar refractivity (Wildman–Crippen MR) is 145 cm³/mol. The zero-order chi connectivity index (χ0) is 27.0. The van der Waals surface area contributed by atoms with E-state index in [1.165, 1.54) is 5.56 Å². The van der Waals surface area contributed by atoms with E-state index in [4.69, 9.17) is 18.7 Å². The van der Waals surface area contributed by atoms with E-state index in [1.54, 1.807) is 14.2 Å². The molecule has 1 atom stereocenters. The highest BCUT2D eigenvalue weighted by Gasteiger charge is 2.27. The van der Waals surface area contributed by atoms with Gasteiger partial charge in [-0.1, -0.05) is 29.4 Å². The number of rotatable bonds is 10. The maximum atomic E-state index is 13.0. The van der Waals surface area contributed by atoms with Crippen LogP contribution < -0.4 is 14.8 Å². The lowest BCUT2D eigenvalue weighted by Gasteiger charge is -2.30. The third-order valence-electron chi connectivity index (χ3n) is 7.31. The van der Waals surface area contributed by atoms with Crippen LogP contribution in [0.3, 0.4) is 0 Å². The van der Waals surface area contributed by atoms with E-state index in [0.29, 0.717) is 42.8 Å². The minimum atomic E-state index is -0.0662. The Balaban J connectivity index is 1.12. The Morgan fingerprint density at radius 3 is 2.64 bits per heavy atom. The first-order valence-corrected chi connectivity index (χ1v) is 13.5. The van der Waals surface area contributed by atoms with E-state index < -0.39 is 0 Å². The van der Waals surface area contributed by atoms with Crippen LogP contribution in [-0.4, -0.2) is 79.5 Å². The van der Waals surface area contributed by atoms with Crippen LogP contribution in [0.2, 0.25) is 0 Å². The zero-order valence-corrected chi connectivity index (χ0v) is 22.7. The lowest BCUT2D eigenvalue weighted by molar-refractivity contribution is -0.127. The molecule has 2 fully saturated rings. The molecule has 2 aliphatic heterocycles. The van der Waals surface area contributed by atoms with Crippen LogP contribution in [0.25, 0.3) is 11.4 Å². The summed E-state index contributed by atoms with van der Waals surface area (Å²) in [6, 6.07) is 14.0. The molecule has 1 unspecified atom stereocenters.